The number of amides is 1. The van der Waals surface area contributed by atoms with E-state index in [1.807, 2.05) is 5.32 Å². The van der Waals surface area contributed by atoms with Crippen LogP contribution in [0.1, 0.15) is 18.4 Å². The number of nitrogens with one attached hydrogen (secondary N) is 1. The molecule has 10 nitrogen and oxygen atoms in total. The largest absolute Gasteiger partial charge is 0.455 e. The lowest BCUT2D eigenvalue weighted by Crippen LogP contribution is -2.40. The number of anilines is 1. The fraction of sp³-hybridized carbons (Fsp3) is 0.500. The van der Waals surface area contributed by atoms with Gasteiger partial charge in [0.15, 0.2) is 6.61 Å². The van der Waals surface area contributed by atoms with E-state index in [1.165, 1.54) is 4.31 Å². The number of hydrogen-bond acceptors (Lipinski definition) is 7. The number of ether oxygens (including phenoxy) is 1. The number of hydrogen-bond donors (Lipinski definition) is 1. The molecule has 0 aromatic heterocycles. The summed E-state index contributed by atoms with van der Waals surface area (Å²) in [4.78, 5) is 33.9. The van der Waals surface area contributed by atoms with Crippen LogP contribution < -0.4 is 5.32 Å². The maximum Gasteiger partial charge on any atom is 0.416 e. The number of rotatable bonds is 6. The number of carbonyl (C=O) groups is 2. The molecule has 1 aliphatic heterocycles. The highest BCUT2D eigenvalue weighted by atomic mass is 32.2. The Morgan fingerprint density at radius 1 is 1.30 bits per heavy atom. The predicted molar refractivity (Wildman–Crippen MR) is 96.8 cm³/mol. The number of nitro groups is 1. The Kier molecular flexibility index (Phi) is 7.02. The number of sulfonamides is 1. The standard InChI is InChI=1S/C16H18F3N3O7S/c1-30(27,28)21-6-4-10(5-7-21)15(24)29-9-14(23)20-12-3-2-11(16(17,18)19)8-13(12)22(25)26/h2-3,8,10H,4-7,9H2,1H3,(H,20,23). The summed E-state index contributed by atoms with van der Waals surface area (Å²) < 4.78 is 67.1. The van der Waals surface area contributed by atoms with Gasteiger partial charge in [0.05, 0.1) is 22.7 Å². The topological polar surface area (TPSA) is 136 Å². The van der Waals surface area contributed by atoms with Crippen LogP contribution in [0.2, 0.25) is 0 Å². The van der Waals surface area contributed by atoms with Crippen molar-refractivity contribution in [2.75, 3.05) is 31.3 Å². The van der Waals surface area contributed by atoms with Crippen LogP contribution in [0.15, 0.2) is 18.2 Å². The van der Waals surface area contributed by atoms with E-state index in [2.05, 4.69) is 0 Å². The Balaban J connectivity index is 1.93. The Morgan fingerprint density at radius 3 is 2.40 bits per heavy atom. The third-order valence-corrected chi connectivity index (χ3v) is 5.70. The fourth-order valence-corrected chi connectivity index (χ4v) is 3.70. The van der Waals surface area contributed by atoms with Crippen molar-refractivity contribution in [3.8, 4) is 0 Å². The zero-order valence-corrected chi connectivity index (χ0v) is 16.5. The van der Waals surface area contributed by atoms with Crippen molar-refractivity contribution in [2.24, 2.45) is 5.92 Å². The first kappa shape index (κ1) is 23.5. The lowest BCUT2D eigenvalue weighted by molar-refractivity contribution is -0.384. The summed E-state index contributed by atoms with van der Waals surface area (Å²) in [6.45, 7) is -0.547. The maximum absolute atomic E-state index is 12.7. The van der Waals surface area contributed by atoms with Crippen molar-refractivity contribution in [3.63, 3.8) is 0 Å². The van der Waals surface area contributed by atoms with Crippen molar-refractivity contribution in [1.29, 1.82) is 0 Å². The molecule has 0 atom stereocenters. The van der Waals surface area contributed by atoms with Crippen molar-refractivity contribution in [3.05, 3.63) is 33.9 Å². The van der Waals surface area contributed by atoms with E-state index in [0.29, 0.717) is 6.07 Å². The van der Waals surface area contributed by atoms with Crippen LogP contribution >= 0.6 is 0 Å². The Morgan fingerprint density at radius 2 is 1.90 bits per heavy atom. The van der Waals surface area contributed by atoms with Gasteiger partial charge in [0.25, 0.3) is 11.6 Å². The van der Waals surface area contributed by atoms with Crippen LogP contribution in [-0.4, -0.2) is 55.5 Å². The molecule has 0 bridgehead atoms. The van der Waals surface area contributed by atoms with Crippen molar-refractivity contribution < 1.29 is 40.8 Å². The normalized spacial score (nSPS) is 16.1. The number of piperidine rings is 1. The molecular formula is C16H18F3N3O7S. The summed E-state index contributed by atoms with van der Waals surface area (Å²) in [6, 6.07) is 1.60. The molecule has 1 aromatic carbocycles. The first-order valence-electron chi connectivity index (χ1n) is 8.56. The number of nitrogens with zero attached hydrogens (tertiary/aromatic N) is 2. The number of halogens is 3. The third-order valence-electron chi connectivity index (χ3n) is 4.40. The third kappa shape index (κ3) is 6.13. The van der Waals surface area contributed by atoms with Gasteiger partial charge < -0.3 is 10.1 Å². The van der Waals surface area contributed by atoms with E-state index < -0.39 is 62.5 Å². The van der Waals surface area contributed by atoms with E-state index in [4.69, 9.17) is 4.74 Å². The number of alkyl halides is 3. The SMILES string of the molecule is CS(=O)(=O)N1CCC(C(=O)OCC(=O)Nc2ccc(C(F)(F)F)cc2[N+](=O)[O-])CC1. The van der Waals surface area contributed by atoms with Crippen LogP contribution in [0.3, 0.4) is 0 Å². The van der Waals surface area contributed by atoms with Crippen LogP contribution in [0.4, 0.5) is 24.5 Å². The summed E-state index contributed by atoms with van der Waals surface area (Å²) in [5.41, 5.74) is -2.69. The highest BCUT2D eigenvalue weighted by Crippen LogP contribution is 2.35. The molecule has 1 fully saturated rings. The summed E-state index contributed by atoms with van der Waals surface area (Å²) in [5, 5.41) is 13.0. The quantitative estimate of drug-likeness (QED) is 0.394. The van der Waals surface area contributed by atoms with Gasteiger partial charge in [-0.25, -0.2) is 12.7 Å². The van der Waals surface area contributed by atoms with Gasteiger partial charge in [0, 0.05) is 19.2 Å². The molecule has 30 heavy (non-hydrogen) atoms. The molecule has 166 valence electrons. The van der Waals surface area contributed by atoms with Crippen molar-refractivity contribution in [1.82, 2.24) is 4.31 Å². The molecule has 0 aliphatic carbocycles. The summed E-state index contributed by atoms with van der Waals surface area (Å²) in [7, 11) is -3.37. The van der Waals surface area contributed by atoms with Crippen molar-refractivity contribution >= 4 is 33.3 Å². The average molecular weight is 453 g/mol. The van der Waals surface area contributed by atoms with Gasteiger partial charge in [-0.1, -0.05) is 0 Å². The number of benzene rings is 1. The molecule has 0 saturated carbocycles. The van der Waals surface area contributed by atoms with Gasteiger partial charge in [0.2, 0.25) is 10.0 Å². The molecule has 0 radical (unpaired) electrons. The second kappa shape index (κ2) is 8.95. The second-order valence-corrected chi connectivity index (χ2v) is 8.56. The highest BCUT2D eigenvalue weighted by molar-refractivity contribution is 7.88. The Hall–Kier alpha value is -2.74. The van der Waals surface area contributed by atoms with Gasteiger partial charge >= 0.3 is 12.1 Å². The van der Waals surface area contributed by atoms with E-state index in [1.54, 1.807) is 0 Å². The fourth-order valence-electron chi connectivity index (χ4n) is 2.83. The van der Waals surface area contributed by atoms with Crippen LogP contribution in [-0.2, 0) is 30.5 Å². The highest BCUT2D eigenvalue weighted by Gasteiger charge is 2.33. The van der Waals surface area contributed by atoms with Crippen LogP contribution in [0.25, 0.3) is 0 Å². The molecule has 1 aliphatic rings. The molecule has 1 aromatic rings. The minimum atomic E-state index is -4.80. The zero-order chi connectivity index (χ0) is 22.7. The summed E-state index contributed by atoms with van der Waals surface area (Å²) >= 11 is 0. The number of esters is 1. The Bertz CT molecular complexity index is 942. The average Bonchev–Trinajstić information content (AvgIpc) is 2.64. The number of nitro benzene ring substituents is 1. The second-order valence-electron chi connectivity index (χ2n) is 6.58. The van der Waals surface area contributed by atoms with Gasteiger partial charge in [0.1, 0.15) is 5.69 Å². The van der Waals surface area contributed by atoms with Crippen molar-refractivity contribution in [2.45, 2.75) is 19.0 Å². The smallest absolute Gasteiger partial charge is 0.416 e. The van der Waals surface area contributed by atoms with E-state index in [9.17, 15) is 41.3 Å². The van der Waals surface area contributed by atoms with Gasteiger partial charge in [-0.2, -0.15) is 13.2 Å². The Labute approximate surface area is 169 Å². The molecular weight excluding hydrogens is 435 g/mol. The number of carbonyl (C=O) groups excluding carboxylic acids is 2. The maximum atomic E-state index is 12.7. The molecule has 14 heteroatoms. The summed E-state index contributed by atoms with van der Waals surface area (Å²) in [5.74, 6) is -2.32. The molecule has 2 rings (SSSR count). The molecule has 0 unspecified atom stereocenters. The monoisotopic (exact) mass is 453 g/mol. The lowest BCUT2D eigenvalue weighted by Gasteiger charge is -2.28. The minimum absolute atomic E-state index is 0.128. The summed E-state index contributed by atoms with van der Waals surface area (Å²) in [6.07, 6.45) is -3.33. The van der Waals surface area contributed by atoms with E-state index in [-0.39, 0.29) is 32.0 Å². The van der Waals surface area contributed by atoms with E-state index >= 15 is 0 Å². The minimum Gasteiger partial charge on any atom is -0.455 e. The van der Waals surface area contributed by atoms with Crippen LogP contribution in [0, 0.1) is 16.0 Å². The van der Waals surface area contributed by atoms with Gasteiger partial charge in [-0.3, -0.25) is 19.7 Å². The van der Waals surface area contributed by atoms with Gasteiger partial charge in [-0.15, -0.1) is 0 Å². The molecule has 1 saturated heterocycles. The molecule has 1 heterocycles. The van der Waals surface area contributed by atoms with E-state index in [0.717, 1.165) is 12.3 Å². The van der Waals surface area contributed by atoms with Gasteiger partial charge in [-0.05, 0) is 25.0 Å². The molecule has 1 amide bonds. The first-order valence-corrected chi connectivity index (χ1v) is 10.4. The van der Waals surface area contributed by atoms with Crippen LogP contribution in [0.5, 0.6) is 0 Å². The lowest BCUT2D eigenvalue weighted by atomic mass is 9.98. The molecule has 0 spiro atoms. The first-order chi connectivity index (χ1) is 13.8. The molecule has 1 N–H and O–H groups in total. The zero-order valence-electron chi connectivity index (χ0n) is 15.6. The predicted octanol–water partition coefficient (Wildman–Crippen LogP) is 1.77.